The lowest BCUT2D eigenvalue weighted by molar-refractivity contribution is -0.137. The van der Waals surface area contributed by atoms with E-state index in [2.05, 4.69) is 5.32 Å². The Morgan fingerprint density at radius 1 is 1.44 bits per heavy atom. The molecule has 0 saturated heterocycles. The van der Waals surface area contributed by atoms with Crippen LogP contribution in [0, 0.1) is 5.92 Å². The molecule has 0 unspecified atom stereocenters. The van der Waals surface area contributed by atoms with Crippen molar-refractivity contribution in [3.8, 4) is 0 Å². The molecular formula is C12H13ClF3NO. The molecule has 0 heterocycles. The molecule has 0 fully saturated rings. The molecule has 1 aromatic rings. The second-order valence-electron chi connectivity index (χ2n) is 3.99. The van der Waals surface area contributed by atoms with E-state index in [9.17, 15) is 18.0 Å². The number of carbonyl (C=O) groups is 1. The van der Waals surface area contributed by atoms with Crippen LogP contribution in [-0.2, 0) is 11.0 Å². The summed E-state index contributed by atoms with van der Waals surface area (Å²) in [5, 5.41) is 2.49. The molecule has 0 aromatic heterocycles. The highest BCUT2D eigenvalue weighted by Crippen LogP contribution is 2.33. The number of nitrogens with one attached hydrogen (secondary N) is 1. The number of rotatable bonds is 3. The Morgan fingerprint density at radius 2 is 2.06 bits per heavy atom. The minimum atomic E-state index is -4.46. The average Bonchev–Trinajstić information content (AvgIpc) is 2.29. The van der Waals surface area contributed by atoms with Crippen LogP contribution in [0.2, 0.25) is 5.02 Å². The zero-order valence-electron chi connectivity index (χ0n) is 9.94. The van der Waals surface area contributed by atoms with Crippen molar-refractivity contribution in [1.82, 2.24) is 0 Å². The average molecular weight is 280 g/mol. The fraction of sp³-hybridized carbons (Fsp3) is 0.417. The van der Waals surface area contributed by atoms with Gasteiger partial charge in [0.2, 0.25) is 5.91 Å². The van der Waals surface area contributed by atoms with Gasteiger partial charge in [-0.2, -0.15) is 13.2 Å². The van der Waals surface area contributed by atoms with Crippen LogP contribution in [0.15, 0.2) is 18.2 Å². The van der Waals surface area contributed by atoms with Crippen molar-refractivity contribution in [3.05, 3.63) is 28.8 Å². The topological polar surface area (TPSA) is 29.1 Å². The maximum absolute atomic E-state index is 12.5. The summed E-state index contributed by atoms with van der Waals surface area (Å²) in [5.74, 6) is -0.630. The highest BCUT2D eigenvalue weighted by atomic mass is 35.5. The molecule has 0 aliphatic rings. The molecule has 2 nitrogen and oxygen atoms in total. The van der Waals surface area contributed by atoms with Gasteiger partial charge in [-0.25, -0.2) is 0 Å². The van der Waals surface area contributed by atoms with E-state index >= 15 is 0 Å². The second-order valence-corrected chi connectivity index (χ2v) is 4.40. The molecule has 1 aromatic carbocycles. The number of anilines is 1. The third kappa shape index (κ3) is 3.63. The molecule has 0 aliphatic heterocycles. The van der Waals surface area contributed by atoms with Gasteiger partial charge >= 0.3 is 6.18 Å². The molecule has 0 radical (unpaired) electrons. The Labute approximate surface area is 108 Å². The highest BCUT2D eigenvalue weighted by molar-refractivity contribution is 6.33. The zero-order valence-corrected chi connectivity index (χ0v) is 10.7. The van der Waals surface area contributed by atoms with Crippen molar-refractivity contribution < 1.29 is 18.0 Å². The van der Waals surface area contributed by atoms with Crippen molar-refractivity contribution in [2.75, 3.05) is 5.32 Å². The Kier molecular flexibility index (Phi) is 4.62. The molecule has 0 saturated carbocycles. The van der Waals surface area contributed by atoms with Crippen LogP contribution in [0.25, 0.3) is 0 Å². The van der Waals surface area contributed by atoms with Crippen molar-refractivity contribution in [3.63, 3.8) is 0 Å². The first-order valence-corrected chi connectivity index (χ1v) is 5.81. The van der Waals surface area contributed by atoms with E-state index in [0.717, 1.165) is 18.2 Å². The van der Waals surface area contributed by atoms with Crippen molar-refractivity contribution >= 4 is 23.2 Å². The van der Waals surface area contributed by atoms with E-state index in [1.54, 1.807) is 6.92 Å². The number of carbonyl (C=O) groups excluding carboxylic acids is 1. The van der Waals surface area contributed by atoms with E-state index in [4.69, 9.17) is 11.6 Å². The summed E-state index contributed by atoms with van der Waals surface area (Å²) in [7, 11) is 0. The molecule has 1 atom stereocenters. The Balaban J connectivity index is 2.99. The van der Waals surface area contributed by atoms with Crippen LogP contribution in [-0.4, -0.2) is 5.91 Å². The van der Waals surface area contributed by atoms with Crippen molar-refractivity contribution in [2.45, 2.75) is 26.4 Å². The standard InChI is InChI=1S/C12H13ClF3NO/c1-3-7(2)11(18)17-10-6-8(12(14,15)16)4-5-9(10)13/h4-7H,3H2,1-2H3,(H,17,18)/t7-/m0/s1. The van der Waals surface area contributed by atoms with Gasteiger partial charge in [0.25, 0.3) is 0 Å². The lowest BCUT2D eigenvalue weighted by Crippen LogP contribution is -2.20. The van der Waals surface area contributed by atoms with Crippen molar-refractivity contribution in [2.24, 2.45) is 5.92 Å². The van der Waals surface area contributed by atoms with Gasteiger partial charge < -0.3 is 5.32 Å². The molecule has 18 heavy (non-hydrogen) atoms. The predicted octanol–water partition coefficient (Wildman–Crippen LogP) is 4.34. The number of amides is 1. The van der Waals surface area contributed by atoms with Gasteiger partial charge in [0.15, 0.2) is 0 Å². The normalized spacial score (nSPS) is 13.2. The van der Waals surface area contributed by atoms with E-state index in [-0.39, 0.29) is 22.5 Å². The summed E-state index contributed by atoms with van der Waals surface area (Å²) in [6.07, 6.45) is -3.86. The predicted molar refractivity (Wildman–Crippen MR) is 64.5 cm³/mol. The summed E-state index contributed by atoms with van der Waals surface area (Å²) >= 11 is 5.76. The summed E-state index contributed by atoms with van der Waals surface area (Å²) in [6.45, 7) is 3.51. The van der Waals surface area contributed by atoms with Crippen molar-refractivity contribution in [1.29, 1.82) is 0 Å². The third-order valence-corrected chi connectivity index (χ3v) is 2.94. The fourth-order valence-electron chi connectivity index (χ4n) is 1.24. The van der Waals surface area contributed by atoms with Crippen LogP contribution >= 0.6 is 11.6 Å². The van der Waals surface area contributed by atoms with Gasteiger partial charge in [-0.15, -0.1) is 0 Å². The van der Waals surface area contributed by atoms with E-state index in [1.165, 1.54) is 0 Å². The number of halogens is 4. The van der Waals surface area contributed by atoms with E-state index in [1.807, 2.05) is 6.92 Å². The lowest BCUT2D eigenvalue weighted by atomic mass is 10.1. The molecule has 1 amide bonds. The van der Waals surface area contributed by atoms with Gasteiger partial charge in [0, 0.05) is 5.92 Å². The third-order valence-electron chi connectivity index (χ3n) is 2.61. The highest BCUT2D eigenvalue weighted by Gasteiger charge is 2.31. The van der Waals surface area contributed by atoms with Gasteiger partial charge in [-0.3, -0.25) is 4.79 Å². The minimum absolute atomic E-state index is 0.0169. The molecule has 0 spiro atoms. The molecular weight excluding hydrogens is 267 g/mol. The van der Waals surface area contributed by atoms with Gasteiger partial charge in [-0.05, 0) is 24.6 Å². The Morgan fingerprint density at radius 3 is 2.56 bits per heavy atom. The first-order chi connectivity index (χ1) is 8.25. The Bertz CT molecular complexity index is 445. The van der Waals surface area contributed by atoms with Gasteiger partial charge in [0.05, 0.1) is 16.3 Å². The quantitative estimate of drug-likeness (QED) is 0.876. The molecule has 100 valence electrons. The minimum Gasteiger partial charge on any atom is -0.325 e. The summed E-state index contributed by atoms with van der Waals surface area (Å²) in [4.78, 5) is 11.6. The van der Waals surface area contributed by atoms with Crippen LogP contribution in [0.4, 0.5) is 18.9 Å². The maximum Gasteiger partial charge on any atom is 0.416 e. The molecule has 6 heteroatoms. The molecule has 1 N–H and O–H groups in total. The van der Waals surface area contributed by atoms with Crippen LogP contribution in [0.5, 0.6) is 0 Å². The monoisotopic (exact) mass is 279 g/mol. The summed E-state index contributed by atoms with van der Waals surface area (Å²) in [5.41, 5.74) is -0.858. The molecule has 0 aliphatic carbocycles. The van der Waals surface area contributed by atoms with E-state index < -0.39 is 11.7 Å². The van der Waals surface area contributed by atoms with E-state index in [0.29, 0.717) is 6.42 Å². The number of hydrogen-bond donors (Lipinski definition) is 1. The fourth-order valence-corrected chi connectivity index (χ4v) is 1.40. The summed E-state index contributed by atoms with van der Waals surface area (Å²) in [6, 6.07) is 2.83. The van der Waals surface area contributed by atoms with Gasteiger partial charge in [-0.1, -0.05) is 25.4 Å². The largest absolute Gasteiger partial charge is 0.416 e. The number of benzene rings is 1. The SMILES string of the molecule is CC[C@H](C)C(=O)Nc1cc(C(F)(F)F)ccc1Cl. The first kappa shape index (κ1) is 14.8. The Hall–Kier alpha value is -1.23. The maximum atomic E-state index is 12.5. The summed E-state index contributed by atoms with van der Waals surface area (Å²) < 4.78 is 37.5. The zero-order chi connectivity index (χ0) is 13.9. The number of alkyl halides is 3. The van der Waals surface area contributed by atoms with Crippen LogP contribution in [0.1, 0.15) is 25.8 Å². The second kappa shape index (κ2) is 5.61. The molecule has 0 bridgehead atoms. The molecule has 1 rings (SSSR count). The number of hydrogen-bond acceptors (Lipinski definition) is 1. The van der Waals surface area contributed by atoms with Crippen LogP contribution in [0.3, 0.4) is 0 Å². The first-order valence-electron chi connectivity index (χ1n) is 5.43. The smallest absolute Gasteiger partial charge is 0.325 e. The van der Waals surface area contributed by atoms with Crippen LogP contribution < -0.4 is 5.32 Å². The lowest BCUT2D eigenvalue weighted by Gasteiger charge is -2.13. The van der Waals surface area contributed by atoms with Gasteiger partial charge in [0.1, 0.15) is 0 Å².